The number of aromatic carboxylic acids is 1. The molecule has 0 unspecified atom stereocenters. The van der Waals surface area contributed by atoms with E-state index in [0.29, 0.717) is 13.1 Å². The molecule has 1 saturated heterocycles. The summed E-state index contributed by atoms with van der Waals surface area (Å²) < 4.78 is 38.0. The largest absolute Gasteiger partial charge is 0.478 e. The zero-order chi connectivity index (χ0) is 20.1. The molecule has 0 atom stereocenters. The Morgan fingerprint density at radius 2 is 1.50 bits per heavy atom. The van der Waals surface area contributed by atoms with Crippen molar-refractivity contribution in [2.24, 2.45) is 0 Å². The van der Waals surface area contributed by atoms with E-state index >= 15 is 0 Å². The molecule has 0 aliphatic carbocycles. The smallest absolute Gasteiger partial charge is 0.416 e. The fourth-order valence-electron chi connectivity index (χ4n) is 3.46. The van der Waals surface area contributed by atoms with Gasteiger partial charge in [-0.3, -0.25) is 9.80 Å². The van der Waals surface area contributed by atoms with Crippen molar-refractivity contribution < 1.29 is 23.1 Å². The minimum Gasteiger partial charge on any atom is -0.478 e. The number of rotatable bonds is 5. The highest BCUT2D eigenvalue weighted by Crippen LogP contribution is 2.29. The maximum atomic E-state index is 12.7. The summed E-state index contributed by atoms with van der Waals surface area (Å²) in [6.45, 7) is 4.75. The Morgan fingerprint density at radius 3 is 2.07 bits per heavy atom. The highest BCUT2D eigenvalue weighted by atomic mass is 19.4. The summed E-state index contributed by atoms with van der Waals surface area (Å²) in [5, 5.41) is 9.11. The van der Waals surface area contributed by atoms with Crippen molar-refractivity contribution >= 4 is 5.97 Å². The van der Waals surface area contributed by atoms with E-state index in [1.165, 1.54) is 0 Å². The Bertz CT molecular complexity index is 806. The van der Waals surface area contributed by atoms with E-state index in [-0.39, 0.29) is 5.56 Å². The average Bonchev–Trinajstić information content (AvgIpc) is 2.87. The van der Waals surface area contributed by atoms with Crippen molar-refractivity contribution in [3.63, 3.8) is 0 Å². The molecule has 1 N–H and O–H groups in total. The van der Waals surface area contributed by atoms with Gasteiger partial charge >= 0.3 is 12.1 Å². The van der Waals surface area contributed by atoms with Crippen LogP contribution >= 0.6 is 0 Å². The molecule has 3 rings (SSSR count). The highest BCUT2D eigenvalue weighted by molar-refractivity contribution is 5.87. The summed E-state index contributed by atoms with van der Waals surface area (Å²) in [6.07, 6.45) is -3.35. The van der Waals surface area contributed by atoms with Gasteiger partial charge in [0.1, 0.15) is 0 Å². The summed E-state index contributed by atoms with van der Waals surface area (Å²) in [7, 11) is 0. The molecule has 1 aliphatic rings. The maximum absolute atomic E-state index is 12.7. The molecule has 150 valence electrons. The molecule has 1 aliphatic heterocycles. The second-order valence-electron chi connectivity index (χ2n) is 7.11. The normalized spacial score (nSPS) is 16.7. The lowest BCUT2D eigenvalue weighted by Crippen LogP contribution is -2.30. The fourth-order valence-corrected chi connectivity index (χ4v) is 3.46. The third-order valence-corrected chi connectivity index (χ3v) is 4.95. The number of benzene rings is 2. The molecule has 4 nitrogen and oxygen atoms in total. The predicted molar refractivity (Wildman–Crippen MR) is 100 cm³/mol. The van der Waals surface area contributed by atoms with E-state index in [0.717, 1.165) is 55.9 Å². The van der Waals surface area contributed by atoms with Crippen molar-refractivity contribution in [1.82, 2.24) is 9.80 Å². The van der Waals surface area contributed by atoms with E-state index in [9.17, 15) is 18.0 Å². The first-order chi connectivity index (χ1) is 13.3. The zero-order valence-corrected chi connectivity index (χ0v) is 15.5. The lowest BCUT2D eigenvalue weighted by atomic mass is 10.1. The Hall–Kier alpha value is -2.38. The molecule has 2 aromatic rings. The molecular formula is C21H23F3N2O2. The first-order valence-corrected chi connectivity index (χ1v) is 9.24. The Balaban J connectivity index is 1.55. The van der Waals surface area contributed by atoms with Gasteiger partial charge in [-0.1, -0.05) is 24.3 Å². The Kier molecular flexibility index (Phi) is 6.36. The second kappa shape index (κ2) is 8.75. The number of alkyl halides is 3. The van der Waals surface area contributed by atoms with E-state index in [1.807, 2.05) is 6.07 Å². The van der Waals surface area contributed by atoms with E-state index < -0.39 is 17.7 Å². The van der Waals surface area contributed by atoms with Crippen molar-refractivity contribution in [1.29, 1.82) is 0 Å². The van der Waals surface area contributed by atoms with Crippen LogP contribution in [0.4, 0.5) is 13.2 Å². The van der Waals surface area contributed by atoms with Gasteiger partial charge in [0.05, 0.1) is 11.1 Å². The molecule has 0 radical (unpaired) electrons. The molecule has 0 amide bonds. The summed E-state index contributed by atoms with van der Waals surface area (Å²) in [6, 6.07) is 12.3. The van der Waals surface area contributed by atoms with Gasteiger partial charge in [-0.05, 0) is 54.9 Å². The van der Waals surface area contributed by atoms with Gasteiger partial charge in [0.15, 0.2) is 0 Å². The molecule has 7 heteroatoms. The van der Waals surface area contributed by atoms with Gasteiger partial charge in [-0.25, -0.2) is 4.79 Å². The van der Waals surface area contributed by atoms with Gasteiger partial charge in [-0.15, -0.1) is 0 Å². The molecule has 0 aromatic heterocycles. The SMILES string of the molecule is O=C(O)c1cccc(CN2CCCN(Cc3ccc(C(F)(F)F)cc3)CC2)c1. The first-order valence-electron chi connectivity index (χ1n) is 9.24. The van der Waals surface area contributed by atoms with Crippen LogP contribution in [0.25, 0.3) is 0 Å². The van der Waals surface area contributed by atoms with Crippen molar-refractivity contribution in [2.75, 3.05) is 26.2 Å². The molecule has 1 fully saturated rings. The molecule has 28 heavy (non-hydrogen) atoms. The van der Waals surface area contributed by atoms with Gasteiger partial charge < -0.3 is 5.11 Å². The maximum Gasteiger partial charge on any atom is 0.416 e. The van der Waals surface area contributed by atoms with Crippen molar-refractivity contribution in [3.05, 3.63) is 70.8 Å². The van der Waals surface area contributed by atoms with Gasteiger partial charge in [0, 0.05) is 26.2 Å². The number of hydrogen-bond donors (Lipinski definition) is 1. The number of carboxylic acid groups (broad SMARTS) is 1. The third-order valence-electron chi connectivity index (χ3n) is 4.95. The quantitative estimate of drug-likeness (QED) is 0.832. The van der Waals surface area contributed by atoms with E-state index in [1.54, 1.807) is 30.3 Å². The topological polar surface area (TPSA) is 43.8 Å². The van der Waals surface area contributed by atoms with Gasteiger partial charge in [-0.2, -0.15) is 13.2 Å². The zero-order valence-electron chi connectivity index (χ0n) is 15.5. The highest BCUT2D eigenvalue weighted by Gasteiger charge is 2.30. The van der Waals surface area contributed by atoms with Gasteiger partial charge in [0.2, 0.25) is 0 Å². The standard InChI is InChI=1S/C21H23F3N2O2/c22-21(23,24)19-7-5-16(6-8-19)14-25-9-2-10-26(12-11-25)15-17-3-1-4-18(13-17)20(27)28/h1,3-8,13H,2,9-12,14-15H2,(H,27,28). The van der Waals surface area contributed by atoms with Gasteiger partial charge in [0.25, 0.3) is 0 Å². The van der Waals surface area contributed by atoms with Crippen molar-refractivity contribution in [3.8, 4) is 0 Å². The summed E-state index contributed by atoms with van der Waals surface area (Å²) >= 11 is 0. The van der Waals surface area contributed by atoms with Crippen molar-refractivity contribution in [2.45, 2.75) is 25.7 Å². The number of carboxylic acids is 1. The monoisotopic (exact) mass is 392 g/mol. The van der Waals surface area contributed by atoms with Crippen LogP contribution in [0.15, 0.2) is 48.5 Å². The minimum absolute atomic E-state index is 0.288. The van der Waals surface area contributed by atoms with Crippen LogP contribution in [-0.4, -0.2) is 47.1 Å². The molecule has 0 spiro atoms. The van der Waals surface area contributed by atoms with E-state index in [2.05, 4.69) is 9.80 Å². The third kappa shape index (κ3) is 5.56. The van der Waals surface area contributed by atoms with Crippen LogP contribution in [0.5, 0.6) is 0 Å². The van der Waals surface area contributed by atoms with Crippen LogP contribution in [-0.2, 0) is 19.3 Å². The van der Waals surface area contributed by atoms with Crippen LogP contribution in [0.1, 0.15) is 33.5 Å². The Morgan fingerprint density at radius 1 is 0.893 bits per heavy atom. The number of hydrogen-bond acceptors (Lipinski definition) is 3. The lowest BCUT2D eigenvalue weighted by molar-refractivity contribution is -0.137. The Labute approximate surface area is 162 Å². The lowest BCUT2D eigenvalue weighted by Gasteiger charge is -2.22. The average molecular weight is 392 g/mol. The number of carbonyl (C=O) groups is 1. The van der Waals surface area contributed by atoms with Crippen LogP contribution in [0.2, 0.25) is 0 Å². The number of halogens is 3. The molecule has 0 saturated carbocycles. The second-order valence-corrected chi connectivity index (χ2v) is 7.11. The fraction of sp³-hybridized carbons (Fsp3) is 0.381. The predicted octanol–water partition coefficient (Wildman–Crippen LogP) is 4.11. The van der Waals surface area contributed by atoms with Crippen LogP contribution in [0, 0.1) is 0 Å². The molecule has 0 bridgehead atoms. The first kappa shape index (κ1) is 20.4. The molecule has 2 aromatic carbocycles. The summed E-state index contributed by atoms with van der Waals surface area (Å²) in [5.41, 5.74) is 1.50. The molecular weight excluding hydrogens is 369 g/mol. The number of nitrogens with zero attached hydrogens (tertiary/aromatic N) is 2. The van der Waals surface area contributed by atoms with E-state index in [4.69, 9.17) is 5.11 Å². The molecule has 1 heterocycles. The van der Waals surface area contributed by atoms with Crippen LogP contribution in [0.3, 0.4) is 0 Å². The summed E-state index contributed by atoms with van der Waals surface area (Å²) in [4.78, 5) is 15.6. The van der Waals surface area contributed by atoms with Crippen LogP contribution < -0.4 is 0 Å². The minimum atomic E-state index is -4.31. The summed E-state index contributed by atoms with van der Waals surface area (Å²) in [5.74, 6) is -0.930.